The van der Waals surface area contributed by atoms with E-state index in [-0.39, 0.29) is 31.8 Å². The van der Waals surface area contributed by atoms with Crippen molar-refractivity contribution < 1.29 is 39.3 Å². The van der Waals surface area contributed by atoms with Crippen LogP contribution in [0.15, 0.2) is 4.99 Å². The fourth-order valence-corrected chi connectivity index (χ4v) is 3.18. The third-order valence-corrected chi connectivity index (χ3v) is 5.27. The Kier molecular flexibility index (Phi) is 15.8. The topological polar surface area (TPSA) is 273 Å². The number of nitrogens with zero attached hydrogens (tertiary/aromatic N) is 1. The number of carboxylic acids is 2. The van der Waals surface area contributed by atoms with Crippen molar-refractivity contribution in [2.24, 2.45) is 22.2 Å². The Morgan fingerprint density at radius 1 is 0.886 bits per heavy atom. The molecular weight excluding hydrogens is 486 g/mol. The van der Waals surface area contributed by atoms with Crippen LogP contribution in [0.5, 0.6) is 0 Å². The predicted molar refractivity (Wildman–Crippen MR) is 128 cm³/mol. The number of aliphatic carboxylic acids is 2. The summed E-state index contributed by atoms with van der Waals surface area (Å²) in [6.45, 7) is -0.694. The second-order valence-electron chi connectivity index (χ2n) is 7.47. The summed E-state index contributed by atoms with van der Waals surface area (Å²) >= 11 is 1.47. The van der Waals surface area contributed by atoms with Crippen molar-refractivity contribution in [1.82, 2.24) is 16.0 Å². The minimum Gasteiger partial charge on any atom is -0.481 e. The van der Waals surface area contributed by atoms with Gasteiger partial charge in [0.05, 0.1) is 12.6 Å². The molecule has 0 rings (SSSR count). The van der Waals surface area contributed by atoms with E-state index >= 15 is 0 Å². The van der Waals surface area contributed by atoms with Gasteiger partial charge in [-0.25, -0.2) is 4.79 Å². The van der Waals surface area contributed by atoms with Crippen LogP contribution in [0.4, 0.5) is 0 Å². The van der Waals surface area contributed by atoms with Gasteiger partial charge < -0.3 is 48.5 Å². The van der Waals surface area contributed by atoms with Crippen LogP contribution in [-0.2, 0) is 24.0 Å². The molecule has 3 amide bonds. The highest BCUT2D eigenvalue weighted by molar-refractivity contribution is 7.98. The van der Waals surface area contributed by atoms with Crippen LogP contribution in [0.1, 0.15) is 32.1 Å². The first-order chi connectivity index (χ1) is 16.4. The molecule has 0 saturated carbocycles. The molecule has 4 unspecified atom stereocenters. The van der Waals surface area contributed by atoms with Crippen LogP contribution in [0.25, 0.3) is 0 Å². The zero-order valence-electron chi connectivity index (χ0n) is 19.4. The first-order valence-electron chi connectivity index (χ1n) is 10.7. The van der Waals surface area contributed by atoms with E-state index in [0.29, 0.717) is 12.2 Å². The molecule has 0 fully saturated rings. The Morgan fingerprint density at radius 3 is 1.97 bits per heavy atom. The molecule has 35 heavy (non-hydrogen) atoms. The third-order valence-electron chi connectivity index (χ3n) is 4.63. The minimum atomic E-state index is -1.46. The van der Waals surface area contributed by atoms with E-state index in [4.69, 9.17) is 22.3 Å². The van der Waals surface area contributed by atoms with Crippen molar-refractivity contribution in [2.75, 3.05) is 25.2 Å². The van der Waals surface area contributed by atoms with Crippen LogP contribution in [0, 0.1) is 0 Å². The summed E-state index contributed by atoms with van der Waals surface area (Å²) in [4.78, 5) is 63.6. The number of aliphatic hydroxyl groups excluding tert-OH is 1. The second-order valence-corrected chi connectivity index (χ2v) is 8.46. The van der Waals surface area contributed by atoms with Crippen LogP contribution in [-0.4, -0.2) is 100 Å². The summed E-state index contributed by atoms with van der Waals surface area (Å²) in [5.41, 5.74) is 16.1. The quantitative estimate of drug-likeness (QED) is 0.0483. The molecule has 0 aromatic rings. The van der Waals surface area contributed by atoms with E-state index in [0.717, 1.165) is 0 Å². The van der Waals surface area contributed by atoms with Gasteiger partial charge in [-0.2, -0.15) is 11.8 Å². The van der Waals surface area contributed by atoms with Gasteiger partial charge in [-0.3, -0.25) is 24.2 Å². The first kappa shape index (κ1) is 31.9. The molecule has 0 spiro atoms. The zero-order chi connectivity index (χ0) is 27.0. The molecule has 200 valence electrons. The lowest BCUT2D eigenvalue weighted by molar-refractivity contribution is -0.143. The summed E-state index contributed by atoms with van der Waals surface area (Å²) in [5.74, 6) is -4.79. The van der Waals surface area contributed by atoms with Gasteiger partial charge in [-0.15, -0.1) is 0 Å². The molecule has 0 aromatic heterocycles. The van der Waals surface area contributed by atoms with Crippen LogP contribution < -0.4 is 33.2 Å². The fraction of sp³-hybridized carbons (Fsp3) is 0.684. The molecule has 0 bridgehead atoms. The second kappa shape index (κ2) is 17.3. The van der Waals surface area contributed by atoms with Crippen molar-refractivity contribution in [2.45, 2.75) is 56.3 Å². The van der Waals surface area contributed by atoms with Gasteiger partial charge in [0, 0.05) is 13.0 Å². The molecule has 0 saturated heterocycles. The summed E-state index contributed by atoms with van der Waals surface area (Å²) in [6.07, 6.45) is 1.45. The average molecular weight is 522 g/mol. The number of guanidine groups is 1. The normalized spacial score (nSPS) is 14.0. The van der Waals surface area contributed by atoms with E-state index in [1.54, 1.807) is 0 Å². The number of carbonyl (C=O) groups excluding carboxylic acids is 3. The monoisotopic (exact) mass is 521 g/mol. The summed E-state index contributed by atoms with van der Waals surface area (Å²) in [7, 11) is 0. The predicted octanol–water partition coefficient (Wildman–Crippen LogP) is -3.48. The van der Waals surface area contributed by atoms with Gasteiger partial charge in [0.15, 0.2) is 5.96 Å². The molecule has 0 aliphatic carbocycles. The van der Waals surface area contributed by atoms with E-state index in [2.05, 4.69) is 20.9 Å². The molecule has 0 heterocycles. The molecule has 0 aliphatic heterocycles. The Hall–Kier alpha value is -3.11. The van der Waals surface area contributed by atoms with Crippen LogP contribution >= 0.6 is 11.8 Å². The van der Waals surface area contributed by atoms with E-state index in [1.807, 2.05) is 6.26 Å². The fourth-order valence-electron chi connectivity index (χ4n) is 2.69. The van der Waals surface area contributed by atoms with Gasteiger partial charge in [0.2, 0.25) is 17.7 Å². The molecule has 4 atom stereocenters. The molecule has 0 radical (unpaired) electrons. The number of hydrogen-bond acceptors (Lipinski definition) is 9. The number of aliphatic hydroxyl groups is 1. The highest BCUT2D eigenvalue weighted by Crippen LogP contribution is 2.04. The molecular formula is C19H35N7O8S. The zero-order valence-corrected chi connectivity index (χ0v) is 20.3. The van der Waals surface area contributed by atoms with Gasteiger partial charge in [0.25, 0.3) is 0 Å². The van der Waals surface area contributed by atoms with Crippen LogP contribution in [0.2, 0.25) is 0 Å². The maximum atomic E-state index is 12.7. The first-order valence-corrected chi connectivity index (χ1v) is 12.1. The Balaban J connectivity index is 5.29. The molecule has 0 aliphatic rings. The lowest BCUT2D eigenvalue weighted by atomic mass is 10.1. The van der Waals surface area contributed by atoms with Crippen molar-refractivity contribution in [1.29, 1.82) is 0 Å². The summed E-state index contributed by atoms with van der Waals surface area (Å²) in [5, 5.41) is 34.6. The van der Waals surface area contributed by atoms with Crippen molar-refractivity contribution in [3.63, 3.8) is 0 Å². The number of carbonyl (C=O) groups is 5. The molecule has 15 nitrogen and oxygen atoms in total. The molecule has 16 heteroatoms. The van der Waals surface area contributed by atoms with Gasteiger partial charge >= 0.3 is 11.9 Å². The van der Waals surface area contributed by atoms with Gasteiger partial charge in [-0.1, -0.05) is 0 Å². The summed E-state index contributed by atoms with van der Waals surface area (Å²) < 4.78 is 0. The number of rotatable bonds is 18. The van der Waals surface area contributed by atoms with E-state index < -0.39 is 66.9 Å². The Bertz CT molecular complexity index is 763. The smallest absolute Gasteiger partial charge is 0.326 e. The third kappa shape index (κ3) is 14.0. The summed E-state index contributed by atoms with van der Waals surface area (Å²) in [6, 6.07) is -5.19. The number of hydrogen-bond donors (Lipinski definition) is 9. The van der Waals surface area contributed by atoms with Crippen molar-refractivity contribution in [3.8, 4) is 0 Å². The Labute approximate surface area is 206 Å². The van der Waals surface area contributed by atoms with Gasteiger partial charge in [0.1, 0.15) is 18.1 Å². The maximum absolute atomic E-state index is 12.7. The number of aliphatic imine (C=N–C) groups is 1. The number of thioether (sulfide) groups is 1. The highest BCUT2D eigenvalue weighted by atomic mass is 32.2. The minimum absolute atomic E-state index is 0.0410. The van der Waals surface area contributed by atoms with Gasteiger partial charge in [-0.05, 0) is 37.7 Å². The average Bonchev–Trinajstić information content (AvgIpc) is 2.79. The van der Waals surface area contributed by atoms with Crippen LogP contribution in [0.3, 0.4) is 0 Å². The number of nitrogens with two attached hydrogens (primary N) is 3. The van der Waals surface area contributed by atoms with E-state index in [1.165, 1.54) is 11.8 Å². The highest BCUT2D eigenvalue weighted by Gasteiger charge is 2.30. The number of nitrogens with one attached hydrogen (secondary N) is 3. The van der Waals surface area contributed by atoms with Crippen molar-refractivity contribution in [3.05, 3.63) is 0 Å². The molecule has 12 N–H and O–H groups in total. The lowest BCUT2D eigenvalue weighted by Gasteiger charge is -2.24. The molecule has 0 aromatic carbocycles. The number of amides is 3. The number of carboxylic acid groups (broad SMARTS) is 2. The maximum Gasteiger partial charge on any atom is 0.326 e. The van der Waals surface area contributed by atoms with Crippen molar-refractivity contribution >= 4 is 47.4 Å². The standard InChI is InChI=1S/C19H35N7O8S/c1-35-8-6-10(20)15(30)26-13(9-27)17(32)24-11(4-5-14(28)29)16(31)25-12(18(33)34)3-2-7-23-19(21)22/h10-13,27H,2-9,20H2,1H3,(H,24,32)(H,25,31)(H,26,30)(H,28,29)(H,33,34)(H4,21,22,23). The Morgan fingerprint density at radius 2 is 1.46 bits per heavy atom. The van der Waals surface area contributed by atoms with E-state index in [9.17, 15) is 34.2 Å². The lowest BCUT2D eigenvalue weighted by Crippen LogP contribution is -2.58. The largest absolute Gasteiger partial charge is 0.481 e. The SMILES string of the molecule is CSCCC(N)C(=O)NC(CO)C(=O)NC(CCC(=O)O)C(=O)NC(CCCN=C(N)N)C(=O)O.